The van der Waals surface area contributed by atoms with Gasteiger partial charge in [0.2, 0.25) is 0 Å². The second kappa shape index (κ2) is 10.0. The summed E-state index contributed by atoms with van der Waals surface area (Å²) in [7, 11) is 0. The monoisotopic (exact) mass is 432 g/mol. The molecule has 1 amide bonds. The molecule has 0 unspecified atom stereocenters. The van der Waals surface area contributed by atoms with E-state index in [4.69, 9.17) is 0 Å². The molecule has 0 aliphatic carbocycles. The van der Waals surface area contributed by atoms with E-state index in [9.17, 15) is 4.79 Å². The molecule has 0 bridgehead atoms. The molecule has 168 valence electrons. The Morgan fingerprint density at radius 2 is 1.81 bits per heavy atom. The highest BCUT2D eigenvalue weighted by Crippen LogP contribution is 2.23. The van der Waals surface area contributed by atoms with Crippen molar-refractivity contribution >= 4 is 5.91 Å². The molecular formula is C25H32N6O. The molecule has 7 nitrogen and oxygen atoms in total. The summed E-state index contributed by atoms with van der Waals surface area (Å²) in [4.78, 5) is 19.4. The number of aromatic nitrogens is 4. The predicted octanol–water partition coefficient (Wildman–Crippen LogP) is 3.42. The Balaban J connectivity index is 1.46. The van der Waals surface area contributed by atoms with Gasteiger partial charge in [0, 0.05) is 38.8 Å². The van der Waals surface area contributed by atoms with Crippen LogP contribution in [0.5, 0.6) is 0 Å². The highest BCUT2D eigenvalue weighted by atomic mass is 16.2. The summed E-state index contributed by atoms with van der Waals surface area (Å²) < 4.78 is 2.20. The van der Waals surface area contributed by atoms with Crippen molar-refractivity contribution in [3.63, 3.8) is 0 Å². The van der Waals surface area contributed by atoms with Crippen molar-refractivity contribution in [3.05, 3.63) is 77.1 Å². The van der Waals surface area contributed by atoms with Crippen molar-refractivity contribution in [2.24, 2.45) is 5.92 Å². The van der Waals surface area contributed by atoms with Crippen molar-refractivity contribution < 1.29 is 4.79 Å². The summed E-state index contributed by atoms with van der Waals surface area (Å²) in [5.41, 5.74) is 3.12. The molecule has 1 aliphatic rings. The lowest BCUT2D eigenvalue weighted by molar-refractivity contribution is 0.0916. The van der Waals surface area contributed by atoms with E-state index in [1.54, 1.807) is 18.3 Å². The molecule has 1 N–H and O–H groups in total. The second-order valence-electron chi connectivity index (χ2n) is 8.73. The van der Waals surface area contributed by atoms with Crippen molar-refractivity contribution in [1.82, 2.24) is 30.0 Å². The highest BCUT2D eigenvalue weighted by molar-refractivity contribution is 5.92. The van der Waals surface area contributed by atoms with Gasteiger partial charge in [0.05, 0.1) is 6.04 Å². The van der Waals surface area contributed by atoms with E-state index in [0.717, 1.165) is 50.7 Å². The Morgan fingerprint density at radius 3 is 2.50 bits per heavy atom. The summed E-state index contributed by atoms with van der Waals surface area (Å²) in [5, 5.41) is 12.1. The number of carbonyl (C=O) groups excluding carboxylic acids is 1. The van der Waals surface area contributed by atoms with E-state index in [2.05, 4.69) is 75.0 Å². The van der Waals surface area contributed by atoms with Gasteiger partial charge in [-0.1, -0.05) is 51.1 Å². The zero-order chi connectivity index (χ0) is 22.5. The Kier molecular flexibility index (Phi) is 6.95. The fourth-order valence-electron chi connectivity index (χ4n) is 4.16. The molecular weight excluding hydrogens is 400 g/mol. The minimum Gasteiger partial charge on any atom is -0.340 e. The van der Waals surface area contributed by atoms with Gasteiger partial charge in [0.15, 0.2) is 5.82 Å². The third-order valence-corrected chi connectivity index (χ3v) is 6.11. The molecule has 0 spiro atoms. The Bertz CT molecular complexity index is 1030. The number of benzene rings is 1. The molecule has 0 fully saturated rings. The van der Waals surface area contributed by atoms with E-state index >= 15 is 0 Å². The van der Waals surface area contributed by atoms with Crippen LogP contribution in [0.15, 0.2) is 48.7 Å². The van der Waals surface area contributed by atoms with E-state index in [-0.39, 0.29) is 17.9 Å². The van der Waals surface area contributed by atoms with Gasteiger partial charge >= 0.3 is 0 Å². The topological polar surface area (TPSA) is 75.9 Å². The predicted molar refractivity (Wildman–Crippen MR) is 124 cm³/mol. The van der Waals surface area contributed by atoms with E-state index < -0.39 is 0 Å². The molecule has 3 aromatic rings. The lowest BCUT2D eigenvalue weighted by Crippen LogP contribution is -2.34. The number of fused-ring (bicyclic) bond motifs is 1. The summed E-state index contributed by atoms with van der Waals surface area (Å²) in [6.07, 6.45) is 3.54. The standard InChI is InChI=1S/C25H32N6O/c1-4-19-8-10-20(11-9-19)17-30-14-12-22-28-29-24(31(22)16-15-30)23(18(2)3)27-25(32)21-7-5-6-13-26-21/h5-11,13,18,23H,4,12,14-17H2,1-3H3,(H,27,32)/t23-/m1/s1. The van der Waals surface area contributed by atoms with Crippen molar-refractivity contribution in [2.45, 2.75) is 52.7 Å². The number of carbonyl (C=O) groups is 1. The Hall–Kier alpha value is -3.06. The number of hydrogen-bond acceptors (Lipinski definition) is 5. The van der Waals surface area contributed by atoms with Gasteiger partial charge in [0.1, 0.15) is 11.5 Å². The number of nitrogens with one attached hydrogen (secondary N) is 1. The fourth-order valence-corrected chi connectivity index (χ4v) is 4.16. The maximum absolute atomic E-state index is 12.8. The molecule has 7 heteroatoms. The van der Waals surface area contributed by atoms with E-state index in [0.29, 0.717) is 5.69 Å². The first kappa shape index (κ1) is 22.1. The third kappa shape index (κ3) is 5.05. The number of hydrogen-bond donors (Lipinski definition) is 1. The molecule has 0 radical (unpaired) electrons. The van der Waals surface area contributed by atoms with Gasteiger partial charge < -0.3 is 9.88 Å². The summed E-state index contributed by atoms with van der Waals surface area (Å²) in [6.45, 7) is 9.98. The lowest BCUT2D eigenvalue weighted by atomic mass is 10.0. The van der Waals surface area contributed by atoms with Gasteiger partial charge in [-0.3, -0.25) is 14.7 Å². The SMILES string of the molecule is CCc1ccc(CN2CCc3nnc([C@H](NC(=O)c4ccccn4)C(C)C)n3CC2)cc1. The summed E-state index contributed by atoms with van der Waals surface area (Å²) in [5.74, 6) is 1.80. The average molecular weight is 433 g/mol. The van der Waals surface area contributed by atoms with Crippen molar-refractivity contribution in [2.75, 3.05) is 13.1 Å². The second-order valence-corrected chi connectivity index (χ2v) is 8.73. The van der Waals surface area contributed by atoms with Crippen LogP contribution >= 0.6 is 0 Å². The van der Waals surface area contributed by atoms with Crippen LogP contribution < -0.4 is 5.32 Å². The number of rotatable bonds is 7. The lowest BCUT2D eigenvalue weighted by Gasteiger charge is -2.23. The van der Waals surface area contributed by atoms with Gasteiger partial charge in [-0.05, 0) is 35.6 Å². The summed E-state index contributed by atoms with van der Waals surface area (Å²) in [6, 6.07) is 14.0. The smallest absolute Gasteiger partial charge is 0.270 e. The van der Waals surface area contributed by atoms with Crippen molar-refractivity contribution in [3.8, 4) is 0 Å². The summed E-state index contributed by atoms with van der Waals surface area (Å²) >= 11 is 0. The average Bonchev–Trinajstić information content (AvgIpc) is 3.11. The molecule has 3 heterocycles. The molecule has 0 saturated heterocycles. The third-order valence-electron chi connectivity index (χ3n) is 6.11. The number of aryl methyl sites for hydroxylation is 1. The van der Waals surface area contributed by atoms with Crippen LogP contribution in [0.2, 0.25) is 0 Å². The number of pyridine rings is 1. The Labute approximate surface area is 189 Å². The van der Waals surface area contributed by atoms with Gasteiger partial charge in [-0.2, -0.15) is 0 Å². The fraction of sp³-hybridized carbons (Fsp3) is 0.440. The van der Waals surface area contributed by atoms with Crippen molar-refractivity contribution in [1.29, 1.82) is 0 Å². The molecule has 2 aromatic heterocycles. The largest absolute Gasteiger partial charge is 0.340 e. The molecule has 1 atom stereocenters. The molecule has 4 rings (SSSR count). The molecule has 1 aromatic carbocycles. The van der Waals surface area contributed by atoms with Crippen LogP contribution in [0.3, 0.4) is 0 Å². The van der Waals surface area contributed by atoms with Crippen LogP contribution in [0, 0.1) is 5.92 Å². The minimum absolute atomic E-state index is 0.174. The zero-order valence-corrected chi connectivity index (χ0v) is 19.2. The molecule has 0 saturated carbocycles. The number of nitrogens with zero attached hydrogens (tertiary/aromatic N) is 5. The first-order chi connectivity index (χ1) is 15.5. The van der Waals surface area contributed by atoms with Gasteiger partial charge in [0.25, 0.3) is 5.91 Å². The highest BCUT2D eigenvalue weighted by Gasteiger charge is 2.28. The first-order valence-electron chi connectivity index (χ1n) is 11.5. The van der Waals surface area contributed by atoms with Crippen LogP contribution in [0.4, 0.5) is 0 Å². The molecule has 1 aliphatic heterocycles. The van der Waals surface area contributed by atoms with Crippen LogP contribution in [-0.2, 0) is 25.9 Å². The van der Waals surface area contributed by atoms with E-state index in [1.807, 2.05) is 6.07 Å². The first-order valence-corrected chi connectivity index (χ1v) is 11.5. The van der Waals surface area contributed by atoms with Gasteiger partial charge in [-0.15, -0.1) is 10.2 Å². The Morgan fingerprint density at radius 1 is 1.03 bits per heavy atom. The molecule has 32 heavy (non-hydrogen) atoms. The van der Waals surface area contributed by atoms with E-state index in [1.165, 1.54) is 11.1 Å². The number of amides is 1. The van der Waals surface area contributed by atoms with Crippen LogP contribution in [0.1, 0.15) is 60.1 Å². The minimum atomic E-state index is -0.223. The van der Waals surface area contributed by atoms with Gasteiger partial charge in [-0.25, -0.2) is 0 Å². The normalized spacial score (nSPS) is 15.2. The van der Waals surface area contributed by atoms with Crippen LogP contribution in [0.25, 0.3) is 0 Å². The van der Waals surface area contributed by atoms with Crippen LogP contribution in [-0.4, -0.2) is 43.6 Å². The zero-order valence-electron chi connectivity index (χ0n) is 19.2. The quantitative estimate of drug-likeness (QED) is 0.619. The maximum Gasteiger partial charge on any atom is 0.270 e. The maximum atomic E-state index is 12.8.